The zero-order chi connectivity index (χ0) is 17.3. The maximum absolute atomic E-state index is 12.4. The maximum atomic E-state index is 12.4. The SMILES string of the molecule is CC(C)S(=O)(=O)c1ccc(C(=O)Nc2ncnc3sccc23)cc1. The zero-order valence-electron chi connectivity index (χ0n) is 13.1. The number of rotatable bonds is 4. The first-order chi connectivity index (χ1) is 11.4. The summed E-state index contributed by atoms with van der Waals surface area (Å²) in [5.74, 6) is 0.0832. The van der Waals surface area contributed by atoms with Crippen LogP contribution in [-0.4, -0.2) is 29.5 Å². The van der Waals surface area contributed by atoms with E-state index in [-0.39, 0.29) is 10.8 Å². The van der Waals surface area contributed by atoms with Gasteiger partial charge in [-0.2, -0.15) is 0 Å². The Bertz CT molecular complexity index is 993. The Morgan fingerprint density at radius 3 is 2.50 bits per heavy atom. The summed E-state index contributed by atoms with van der Waals surface area (Å²) in [7, 11) is -3.35. The van der Waals surface area contributed by atoms with Crippen LogP contribution in [0.15, 0.2) is 46.9 Å². The van der Waals surface area contributed by atoms with Crippen molar-refractivity contribution in [3.05, 3.63) is 47.6 Å². The number of thiophene rings is 1. The lowest BCUT2D eigenvalue weighted by Gasteiger charge is -2.09. The molecule has 0 radical (unpaired) electrons. The Morgan fingerprint density at radius 1 is 1.12 bits per heavy atom. The number of nitrogens with one attached hydrogen (secondary N) is 1. The second kappa shape index (κ2) is 6.29. The summed E-state index contributed by atoms with van der Waals surface area (Å²) in [4.78, 5) is 21.6. The van der Waals surface area contributed by atoms with Crippen molar-refractivity contribution in [3.8, 4) is 0 Å². The molecule has 0 bridgehead atoms. The van der Waals surface area contributed by atoms with Gasteiger partial charge in [-0.25, -0.2) is 18.4 Å². The third-order valence-corrected chi connectivity index (χ3v) is 6.55. The van der Waals surface area contributed by atoms with E-state index in [1.165, 1.54) is 41.9 Å². The van der Waals surface area contributed by atoms with Crippen LogP contribution in [0.5, 0.6) is 0 Å². The molecule has 0 saturated carbocycles. The van der Waals surface area contributed by atoms with Crippen LogP contribution >= 0.6 is 11.3 Å². The summed E-state index contributed by atoms with van der Waals surface area (Å²) in [6.45, 7) is 3.24. The van der Waals surface area contributed by atoms with Gasteiger partial charge >= 0.3 is 0 Å². The highest BCUT2D eigenvalue weighted by Crippen LogP contribution is 2.24. The van der Waals surface area contributed by atoms with Crippen LogP contribution in [0.2, 0.25) is 0 Å². The largest absolute Gasteiger partial charge is 0.306 e. The van der Waals surface area contributed by atoms with Crippen LogP contribution < -0.4 is 5.32 Å². The van der Waals surface area contributed by atoms with E-state index in [1.807, 2.05) is 11.4 Å². The van der Waals surface area contributed by atoms with Crippen LogP contribution in [0.25, 0.3) is 10.2 Å². The quantitative estimate of drug-likeness (QED) is 0.771. The standard InChI is InChI=1S/C16H15N3O3S2/c1-10(2)24(21,22)12-5-3-11(4-6-12)15(20)19-14-13-7-8-23-16(13)18-9-17-14/h3-10H,1-2H3,(H,17,18,19,20). The lowest BCUT2D eigenvalue weighted by atomic mass is 10.2. The van der Waals surface area contributed by atoms with E-state index in [9.17, 15) is 13.2 Å². The highest BCUT2D eigenvalue weighted by Gasteiger charge is 2.19. The highest BCUT2D eigenvalue weighted by atomic mass is 32.2. The minimum Gasteiger partial charge on any atom is -0.306 e. The fourth-order valence-electron chi connectivity index (χ4n) is 2.14. The molecular formula is C16H15N3O3S2. The van der Waals surface area contributed by atoms with Crippen LogP contribution in [0, 0.1) is 0 Å². The first-order valence-electron chi connectivity index (χ1n) is 7.23. The van der Waals surface area contributed by atoms with Gasteiger partial charge in [0.15, 0.2) is 9.84 Å². The van der Waals surface area contributed by atoms with E-state index < -0.39 is 15.1 Å². The molecule has 6 nitrogen and oxygen atoms in total. The molecule has 0 atom stereocenters. The molecule has 3 rings (SSSR count). The van der Waals surface area contributed by atoms with Gasteiger partial charge in [0, 0.05) is 5.56 Å². The average molecular weight is 361 g/mol. The van der Waals surface area contributed by atoms with Crippen molar-refractivity contribution < 1.29 is 13.2 Å². The molecule has 24 heavy (non-hydrogen) atoms. The van der Waals surface area contributed by atoms with E-state index in [2.05, 4.69) is 15.3 Å². The second-order valence-corrected chi connectivity index (χ2v) is 8.83. The first kappa shape index (κ1) is 16.5. The highest BCUT2D eigenvalue weighted by molar-refractivity contribution is 7.92. The Morgan fingerprint density at radius 2 is 1.83 bits per heavy atom. The number of amides is 1. The molecule has 0 aliphatic heterocycles. The van der Waals surface area contributed by atoms with E-state index >= 15 is 0 Å². The lowest BCUT2D eigenvalue weighted by Crippen LogP contribution is -2.15. The Kier molecular flexibility index (Phi) is 4.33. The summed E-state index contributed by atoms with van der Waals surface area (Å²) in [5, 5.41) is 4.87. The van der Waals surface area contributed by atoms with Crippen molar-refractivity contribution in [2.24, 2.45) is 0 Å². The third kappa shape index (κ3) is 3.02. The summed E-state index contributed by atoms with van der Waals surface area (Å²) >= 11 is 1.46. The molecule has 0 aliphatic rings. The van der Waals surface area contributed by atoms with Gasteiger partial charge in [-0.3, -0.25) is 4.79 Å². The molecular weight excluding hydrogens is 346 g/mol. The molecule has 8 heteroatoms. The molecule has 1 aromatic carbocycles. The van der Waals surface area contributed by atoms with Crippen molar-refractivity contribution in [2.45, 2.75) is 24.0 Å². The fourth-order valence-corrected chi connectivity index (χ4v) is 3.93. The van der Waals surface area contributed by atoms with E-state index in [1.54, 1.807) is 13.8 Å². The Labute approximate surface area is 143 Å². The number of sulfone groups is 1. The van der Waals surface area contributed by atoms with Crippen molar-refractivity contribution in [1.82, 2.24) is 9.97 Å². The topological polar surface area (TPSA) is 89.0 Å². The van der Waals surface area contributed by atoms with Crippen LogP contribution in [-0.2, 0) is 9.84 Å². The summed E-state index contributed by atoms with van der Waals surface area (Å²) in [6, 6.07) is 7.73. The van der Waals surface area contributed by atoms with Crippen LogP contribution in [0.1, 0.15) is 24.2 Å². The predicted octanol–water partition coefficient (Wildman–Crippen LogP) is 3.13. The molecule has 0 spiro atoms. The van der Waals surface area contributed by atoms with Gasteiger partial charge in [0.1, 0.15) is 17.0 Å². The van der Waals surface area contributed by atoms with E-state index in [4.69, 9.17) is 0 Å². The summed E-state index contributed by atoms with van der Waals surface area (Å²) in [5.41, 5.74) is 0.361. The zero-order valence-corrected chi connectivity index (χ0v) is 14.7. The maximum Gasteiger partial charge on any atom is 0.256 e. The summed E-state index contributed by atoms with van der Waals surface area (Å²) in [6.07, 6.45) is 1.40. The number of carbonyl (C=O) groups excluding carboxylic acids is 1. The van der Waals surface area contributed by atoms with Crippen molar-refractivity contribution >= 4 is 43.1 Å². The molecule has 0 saturated heterocycles. The molecule has 2 heterocycles. The number of hydrogen-bond donors (Lipinski definition) is 1. The van der Waals surface area contributed by atoms with Crippen LogP contribution in [0.3, 0.4) is 0 Å². The van der Waals surface area contributed by atoms with Crippen molar-refractivity contribution in [3.63, 3.8) is 0 Å². The molecule has 1 N–H and O–H groups in total. The molecule has 1 amide bonds. The van der Waals surface area contributed by atoms with Crippen molar-refractivity contribution in [2.75, 3.05) is 5.32 Å². The molecule has 0 fully saturated rings. The van der Waals surface area contributed by atoms with Gasteiger partial charge in [-0.1, -0.05) is 0 Å². The number of aromatic nitrogens is 2. The van der Waals surface area contributed by atoms with Gasteiger partial charge in [0.25, 0.3) is 5.91 Å². The minimum absolute atomic E-state index is 0.205. The lowest BCUT2D eigenvalue weighted by molar-refractivity contribution is 0.102. The number of benzene rings is 1. The third-order valence-electron chi connectivity index (χ3n) is 3.56. The number of anilines is 1. The number of hydrogen-bond acceptors (Lipinski definition) is 6. The number of carbonyl (C=O) groups is 1. The smallest absolute Gasteiger partial charge is 0.256 e. The van der Waals surface area contributed by atoms with Crippen molar-refractivity contribution in [1.29, 1.82) is 0 Å². The second-order valence-electron chi connectivity index (χ2n) is 5.43. The fraction of sp³-hybridized carbons (Fsp3) is 0.188. The molecule has 2 aromatic heterocycles. The molecule has 0 unspecified atom stereocenters. The van der Waals surface area contributed by atoms with Gasteiger partial charge < -0.3 is 5.32 Å². The van der Waals surface area contributed by atoms with Gasteiger partial charge in [0.2, 0.25) is 0 Å². The number of fused-ring (bicyclic) bond motifs is 1. The monoisotopic (exact) mass is 361 g/mol. The van der Waals surface area contributed by atoms with Gasteiger partial charge in [-0.15, -0.1) is 11.3 Å². The predicted molar refractivity (Wildman–Crippen MR) is 94.1 cm³/mol. The normalized spacial score (nSPS) is 11.8. The summed E-state index contributed by atoms with van der Waals surface area (Å²) < 4.78 is 24.2. The molecule has 3 aromatic rings. The molecule has 0 aliphatic carbocycles. The Balaban J connectivity index is 1.85. The van der Waals surface area contributed by atoms with Gasteiger partial charge in [0.05, 0.1) is 15.5 Å². The van der Waals surface area contributed by atoms with Crippen LogP contribution in [0.4, 0.5) is 5.82 Å². The van der Waals surface area contributed by atoms with E-state index in [0.717, 1.165) is 10.2 Å². The Hall–Kier alpha value is -2.32. The van der Waals surface area contributed by atoms with Gasteiger partial charge in [-0.05, 0) is 49.6 Å². The van der Waals surface area contributed by atoms with E-state index in [0.29, 0.717) is 11.4 Å². The first-order valence-corrected chi connectivity index (χ1v) is 9.65. The average Bonchev–Trinajstić information content (AvgIpc) is 3.04. The molecule has 124 valence electrons. The minimum atomic E-state index is -3.35. The number of nitrogens with zero attached hydrogens (tertiary/aromatic N) is 2.